The molecule has 7 nitrogen and oxygen atoms in total. The summed E-state index contributed by atoms with van der Waals surface area (Å²) >= 11 is 0. The third-order valence-corrected chi connectivity index (χ3v) is 6.22. The van der Waals surface area contributed by atoms with Gasteiger partial charge in [-0.05, 0) is 52.9 Å². The van der Waals surface area contributed by atoms with E-state index < -0.39 is 5.97 Å². The van der Waals surface area contributed by atoms with Gasteiger partial charge in [-0.2, -0.15) is 0 Å². The maximum absolute atomic E-state index is 13.8. The van der Waals surface area contributed by atoms with Crippen molar-refractivity contribution in [1.82, 2.24) is 15.2 Å². The van der Waals surface area contributed by atoms with Gasteiger partial charge in [-0.3, -0.25) is 19.4 Å². The first-order valence-corrected chi connectivity index (χ1v) is 12.4. The number of carboxylic acid groups (broad SMARTS) is 1. The molecule has 0 radical (unpaired) electrons. The number of hydrogen-bond acceptors (Lipinski definition) is 4. The Labute approximate surface area is 221 Å². The van der Waals surface area contributed by atoms with Crippen molar-refractivity contribution in [3.8, 4) is 11.1 Å². The number of nitrogens with one attached hydrogen (secondary N) is 1. The molecule has 0 fully saturated rings. The van der Waals surface area contributed by atoms with Gasteiger partial charge in [0, 0.05) is 43.2 Å². The van der Waals surface area contributed by atoms with Crippen LogP contribution in [0.25, 0.3) is 11.1 Å². The van der Waals surface area contributed by atoms with Crippen LogP contribution in [0.1, 0.15) is 38.3 Å². The SMILES string of the molecule is O=C(O)CCN(CCc1ccncc1)C(=O)c1ccccc1-c1ccccc1C(=O)NCc1ccccc1. The quantitative estimate of drug-likeness (QED) is 0.303. The number of carboxylic acids is 1. The topological polar surface area (TPSA) is 99.6 Å². The van der Waals surface area contributed by atoms with E-state index in [1.165, 1.54) is 0 Å². The van der Waals surface area contributed by atoms with E-state index in [9.17, 15) is 19.5 Å². The van der Waals surface area contributed by atoms with Gasteiger partial charge in [0.25, 0.3) is 11.8 Å². The van der Waals surface area contributed by atoms with E-state index in [0.29, 0.717) is 41.8 Å². The zero-order chi connectivity index (χ0) is 26.7. The van der Waals surface area contributed by atoms with E-state index in [1.54, 1.807) is 41.6 Å². The molecule has 0 saturated carbocycles. The fraction of sp³-hybridized carbons (Fsp3) is 0.161. The van der Waals surface area contributed by atoms with Crippen LogP contribution in [0.5, 0.6) is 0 Å². The van der Waals surface area contributed by atoms with Gasteiger partial charge >= 0.3 is 5.97 Å². The van der Waals surface area contributed by atoms with Crippen LogP contribution in [0.15, 0.2) is 103 Å². The highest BCUT2D eigenvalue weighted by Crippen LogP contribution is 2.28. The normalized spacial score (nSPS) is 10.5. The standard InChI is InChI=1S/C31H29N3O4/c35-29(36)17-21-34(20-16-23-14-18-32-19-15-23)31(38)28-13-7-5-11-26(28)25-10-4-6-12-27(25)30(37)33-22-24-8-2-1-3-9-24/h1-15,18-19H,16-17,20-22H2,(H,33,37)(H,35,36). The Balaban J connectivity index is 1.61. The second-order valence-corrected chi connectivity index (χ2v) is 8.80. The lowest BCUT2D eigenvalue weighted by Gasteiger charge is -2.24. The summed E-state index contributed by atoms with van der Waals surface area (Å²) in [6.07, 6.45) is 3.78. The Hall–Kier alpha value is -4.78. The zero-order valence-electron chi connectivity index (χ0n) is 20.9. The second kappa shape index (κ2) is 13.0. The average Bonchev–Trinajstić information content (AvgIpc) is 2.96. The van der Waals surface area contributed by atoms with E-state index in [0.717, 1.165) is 11.1 Å². The molecule has 0 unspecified atom stereocenters. The molecule has 0 spiro atoms. The number of benzene rings is 3. The van der Waals surface area contributed by atoms with Gasteiger partial charge in [0.15, 0.2) is 0 Å². The number of hydrogen-bond donors (Lipinski definition) is 2. The van der Waals surface area contributed by atoms with Crippen LogP contribution in [0.3, 0.4) is 0 Å². The molecule has 1 heterocycles. The minimum absolute atomic E-state index is 0.0762. The maximum atomic E-state index is 13.8. The number of rotatable bonds is 11. The predicted octanol–water partition coefficient (Wildman–Crippen LogP) is 4.84. The molecule has 0 bridgehead atoms. The first-order valence-electron chi connectivity index (χ1n) is 12.4. The Morgan fingerprint density at radius 1 is 0.711 bits per heavy atom. The van der Waals surface area contributed by atoms with Gasteiger partial charge < -0.3 is 15.3 Å². The van der Waals surface area contributed by atoms with Crippen molar-refractivity contribution in [2.24, 2.45) is 0 Å². The predicted molar refractivity (Wildman–Crippen MR) is 146 cm³/mol. The summed E-state index contributed by atoms with van der Waals surface area (Å²) in [5, 5.41) is 12.2. The minimum Gasteiger partial charge on any atom is -0.481 e. The molecule has 3 aromatic carbocycles. The smallest absolute Gasteiger partial charge is 0.305 e. The lowest BCUT2D eigenvalue weighted by atomic mass is 9.94. The van der Waals surface area contributed by atoms with Crippen LogP contribution < -0.4 is 5.32 Å². The molecule has 192 valence electrons. The van der Waals surface area contributed by atoms with Crippen LogP contribution in [0.4, 0.5) is 0 Å². The molecule has 7 heteroatoms. The Bertz CT molecular complexity index is 1390. The molecular weight excluding hydrogens is 478 g/mol. The molecule has 0 atom stereocenters. The van der Waals surface area contributed by atoms with E-state index in [2.05, 4.69) is 10.3 Å². The van der Waals surface area contributed by atoms with Gasteiger partial charge in [-0.1, -0.05) is 66.7 Å². The molecule has 0 saturated heterocycles. The van der Waals surface area contributed by atoms with E-state index in [1.807, 2.05) is 66.7 Å². The number of carbonyl (C=O) groups excluding carboxylic acids is 2. The number of nitrogens with zero attached hydrogens (tertiary/aromatic N) is 2. The number of amides is 2. The number of pyridine rings is 1. The highest BCUT2D eigenvalue weighted by Gasteiger charge is 2.22. The number of aromatic nitrogens is 1. The number of carbonyl (C=O) groups is 3. The minimum atomic E-state index is -0.972. The summed E-state index contributed by atoms with van der Waals surface area (Å²) in [5.41, 5.74) is 4.11. The van der Waals surface area contributed by atoms with Crippen molar-refractivity contribution in [2.45, 2.75) is 19.4 Å². The van der Waals surface area contributed by atoms with Gasteiger partial charge in [-0.15, -0.1) is 0 Å². The van der Waals surface area contributed by atoms with E-state index in [4.69, 9.17) is 0 Å². The van der Waals surface area contributed by atoms with Crippen molar-refractivity contribution in [2.75, 3.05) is 13.1 Å². The summed E-state index contributed by atoms with van der Waals surface area (Å²) in [6, 6.07) is 27.7. The van der Waals surface area contributed by atoms with Crippen LogP contribution in [-0.4, -0.2) is 45.9 Å². The maximum Gasteiger partial charge on any atom is 0.305 e. The van der Waals surface area contributed by atoms with Crippen molar-refractivity contribution < 1.29 is 19.5 Å². The molecule has 0 aliphatic rings. The molecule has 2 N–H and O–H groups in total. The van der Waals surface area contributed by atoms with E-state index in [-0.39, 0.29) is 24.8 Å². The molecule has 1 aromatic heterocycles. The Kier molecular flexibility index (Phi) is 8.97. The zero-order valence-corrected chi connectivity index (χ0v) is 20.9. The lowest BCUT2D eigenvalue weighted by Crippen LogP contribution is -2.35. The van der Waals surface area contributed by atoms with Gasteiger partial charge in [-0.25, -0.2) is 0 Å². The molecule has 4 rings (SSSR count). The first-order chi connectivity index (χ1) is 18.5. The third-order valence-electron chi connectivity index (χ3n) is 6.22. The highest BCUT2D eigenvalue weighted by molar-refractivity contribution is 6.06. The summed E-state index contributed by atoms with van der Waals surface area (Å²) in [4.78, 5) is 43.9. The fourth-order valence-corrected chi connectivity index (χ4v) is 4.22. The van der Waals surface area contributed by atoms with Gasteiger partial charge in [0.1, 0.15) is 0 Å². The first kappa shape index (κ1) is 26.3. The monoisotopic (exact) mass is 507 g/mol. The van der Waals surface area contributed by atoms with Crippen molar-refractivity contribution in [1.29, 1.82) is 0 Å². The van der Waals surface area contributed by atoms with Crippen molar-refractivity contribution in [3.05, 3.63) is 126 Å². The average molecular weight is 508 g/mol. The highest BCUT2D eigenvalue weighted by atomic mass is 16.4. The van der Waals surface area contributed by atoms with Gasteiger partial charge in [0.05, 0.1) is 6.42 Å². The summed E-state index contributed by atoms with van der Waals surface area (Å²) in [5.74, 6) is -1.50. The van der Waals surface area contributed by atoms with Crippen LogP contribution in [-0.2, 0) is 17.8 Å². The Morgan fingerprint density at radius 2 is 1.32 bits per heavy atom. The van der Waals surface area contributed by atoms with Crippen LogP contribution >= 0.6 is 0 Å². The molecule has 0 aliphatic carbocycles. The summed E-state index contributed by atoms with van der Waals surface area (Å²) in [6.45, 7) is 0.809. The fourth-order valence-electron chi connectivity index (χ4n) is 4.22. The second-order valence-electron chi connectivity index (χ2n) is 8.80. The third kappa shape index (κ3) is 6.91. The van der Waals surface area contributed by atoms with Crippen LogP contribution in [0.2, 0.25) is 0 Å². The Morgan fingerprint density at radius 3 is 2.00 bits per heavy atom. The largest absolute Gasteiger partial charge is 0.481 e. The van der Waals surface area contributed by atoms with Crippen molar-refractivity contribution in [3.63, 3.8) is 0 Å². The molecule has 0 aliphatic heterocycles. The lowest BCUT2D eigenvalue weighted by molar-refractivity contribution is -0.137. The molecule has 38 heavy (non-hydrogen) atoms. The summed E-state index contributed by atoms with van der Waals surface area (Å²) < 4.78 is 0. The summed E-state index contributed by atoms with van der Waals surface area (Å²) in [7, 11) is 0. The number of aliphatic carboxylic acids is 1. The molecular formula is C31H29N3O4. The van der Waals surface area contributed by atoms with E-state index >= 15 is 0 Å². The van der Waals surface area contributed by atoms with Crippen molar-refractivity contribution >= 4 is 17.8 Å². The molecule has 2 amide bonds. The molecule has 4 aromatic rings. The van der Waals surface area contributed by atoms with Gasteiger partial charge in [0.2, 0.25) is 0 Å². The van der Waals surface area contributed by atoms with Crippen LogP contribution in [0, 0.1) is 0 Å².